The van der Waals surface area contributed by atoms with Gasteiger partial charge in [0, 0.05) is 0 Å². The minimum Gasteiger partial charge on any atom is -0.291 e. The highest BCUT2D eigenvalue weighted by Gasteiger charge is 1.97. The van der Waals surface area contributed by atoms with Crippen molar-refractivity contribution in [1.29, 1.82) is 0 Å². The lowest BCUT2D eigenvalue weighted by molar-refractivity contribution is 0.389. The third kappa shape index (κ3) is 2.43. The van der Waals surface area contributed by atoms with Crippen LogP contribution in [0.5, 0.6) is 0 Å². The maximum atomic E-state index is 8.86. The number of benzene rings is 2. The van der Waals surface area contributed by atoms with Crippen LogP contribution in [0.25, 0.3) is 0 Å². The standard InChI is InChI=1S/C12H11N3O/c16-15-12-9-5-4-8-11(12)14-13-10-6-2-1-3-7-10/h1-9,15-16H. The van der Waals surface area contributed by atoms with Crippen LogP contribution in [0.1, 0.15) is 0 Å². The molecule has 0 radical (unpaired) electrons. The highest BCUT2D eigenvalue weighted by Crippen LogP contribution is 2.25. The highest BCUT2D eigenvalue weighted by molar-refractivity contribution is 5.63. The molecule has 4 nitrogen and oxygen atoms in total. The first kappa shape index (κ1) is 10.3. The third-order valence-corrected chi connectivity index (χ3v) is 2.05. The number of azo groups is 1. The second kappa shape index (κ2) is 5.04. The summed E-state index contributed by atoms with van der Waals surface area (Å²) >= 11 is 0. The monoisotopic (exact) mass is 213 g/mol. The van der Waals surface area contributed by atoms with Crippen LogP contribution in [0.3, 0.4) is 0 Å². The Bertz CT molecular complexity index is 483. The van der Waals surface area contributed by atoms with Gasteiger partial charge >= 0.3 is 0 Å². The van der Waals surface area contributed by atoms with Crippen molar-refractivity contribution in [2.45, 2.75) is 0 Å². The Hall–Kier alpha value is -2.20. The molecule has 2 aromatic carbocycles. The molecule has 0 heterocycles. The minimum atomic E-state index is 0.530. The van der Waals surface area contributed by atoms with Gasteiger partial charge in [-0.25, -0.2) is 0 Å². The lowest BCUT2D eigenvalue weighted by atomic mass is 10.3. The number of rotatable bonds is 3. The smallest absolute Gasteiger partial charge is 0.111 e. The predicted molar refractivity (Wildman–Crippen MR) is 62.5 cm³/mol. The minimum absolute atomic E-state index is 0.530. The second-order valence-corrected chi connectivity index (χ2v) is 3.16. The van der Waals surface area contributed by atoms with E-state index in [0.717, 1.165) is 5.69 Å². The largest absolute Gasteiger partial charge is 0.291 e. The molecule has 0 bridgehead atoms. The molecule has 80 valence electrons. The lowest BCUT2D eigenvalue weighted by Crippen LogP contribution is -1.87. The summed E-state index contributed by atoms with van der Waals surface area (Å²) in [6, 6.07) is 16.6. The number of nitrogens with zero attached hydrogens (tertiary/aromatic N) is 2. The van der Waals surface area contributed by atoms with Crippen LogP contribution in [0.4, 0.5) is 17.1 Å². The molecule has 0 aliphatic carbocycles. The second-order valence-electron chi connectivity index (χ2n) is 3.16. The summed E-state index contributed by atoms with van der Waals surface area (Å²) in [5.74, 6) is 0. The molecule has 2 rings (SSSR count). The summed E-state index contributed by atoms with van der Waals surface area (Å²) in [7, 11) is 0. The fourth-order valence-electron chi connectivity index (χ4n) is 1.26. The van der Waals surface area contributed by atoms with Gasteiger partial charge in [-0.3, -0.25) is 10.7 Å². The first-order chi connectivity index (χ1) is 7.90. The van der Waals surface area contributed by atoms with Crippen LogP contribution >= 0.6 is 0 Å². The van der Waals surface area contributed by atoms with Crippen molar-refractivity contribution >= 4 is 17.1 Å². The van der Waals surface area contributed by atoms with Crippen LogP contribution in [0.2, 0.25) is 0 Å². The molecule has 0 amide bonds. The number of hydrogen-bond acceptors (Lipinski definition) is 4. The number of hydrogen-bond donors (Lipinski definition) is 2. The zero-order chi connectivity index (χ0) is 11.2. The third-order valence-electron chi connectivity index (χ3n) is 2.05. The van der Waals surface area contributed by atoms with Crippen molar-refractivity contribution in [2.75, 3.05) is 5.48 Å². The number of para-hydroxylation sites is 1. The molecule has 0 aliphatic rings. The Morgan fingerprint density at radius 3 is 2.25 bits per heavy atom. The summed E-state index contributed by atoms with van der Waals surface area (Å²) in [6.07, 6.45) is 0. The van der Waals surface area contributed by atoms with Crippen LogP contribution < -0.4 is 5.48 Å². The molecule has 0 aliphatic heterocycles. The summed E-state index contributed by atoms with van der Waals surface area (Å²) in [6.45, 7) is 0. The van der Waals surface area contributed by atoms with E-state index >= 15 is 0 Å². The van der Waals surface area contributed by atoms with Crippen LogP contribution in [0.15, 0.2) is 64.8 Å². The van der Waals surface area contributed by atoms with Crippen molar-refractivity contribution in [3.63, 3.8) is 0 Å². The van der Waals surface area contributed by atoms with Gasteiger partial charge in [0.05, 0.1) is 11.4 Å². The summed E-state index contributed by atoms with van der Waals surface area (Å²) in [5, 5.41) is 17.0. The quantitative estimate of drug-likeness (QED) is 0.600. The Morgan fingerprint density at radius 2 is 1.50 bits per heavy atom. The highest BCUT2D eigenvalue weighted by atomic mass is 16.5. The van der Waals surface area contributed by atoms with E-state index < -0.39 is 0 Å². The van der Waals surface area contributed by atoms with E-state index in [0.29, 0.717) is 11.4 Å². The van der Waals surface area contributed by atoms with Gasteiger partial charge < -0.3 is 0 Å². The normalized spacial score (nSPS) is 10.6. The van der Waals surface area contributed by atoms with Crippen LogP contribution in [-0.2, 0) is 0 Å². The molecule has 4 heteroatoms. The summed E-state index contributed by atoms with van der Waals surface area (Å²) in [4.78, 5) is 0. The van der Waals surface area contributed by atoms with Gasteiger partial charge in [0.2, 0.25) is 0 Å². The average Bonchev–Trinajstić information content (AvgIpc) is 2.38. The Morgan fingerprint density at radius 1 is 0.812 bits per heavy atom. The fraction of sp³-hybridized carbons (Fsp3) is 0. The topological polar surface area (TPSA) is 57.0 Å². The molecule has 0 fully saturated rings. The molecule has 2 N–H and O–H groups in total. The van der Waals surface area contributed by atoms with Gasteiger partial charge in [0.1, 0.15) is 5.69 Å². The average molecular weight is 213 g/mol. The van der Waals surface area contributed by atoms with Crippen molar-refractivity contribution in [2.24, 2.45) is 10.2 Å². The van der Waals surface area contributed by atoms with E-state index in [1.165, 1.54) is 0 Å². The molecule has 0 spiro atoms. The van der Waals surface area contributed by atoms with Crippen molar-refractivity contribution < 1.29 is 5.21 Å². The van der Waals surface area contributed by atoms with E-state index in [-0.39, 0.29) is 0 Å². The van der Waals surface area contributed by atoms with Gasteiger partial charge in [-0.2, -0.15) is 5.11 Å². The maximum Gasteiger partial charge on any atom is 0.111 e. The zero-order valence-corrected chi connectivity index (χ0v) is 8.54. The van der Waals surface area contributed by atoms with Gasteiger partial charge in [-0.15, -0.1) is 5.11 Å². The van der Waals surface area contributed by atoms with Crippen LogP contribution in [-0.4, -0.2) is 5.21 Å². The molecule has 2 aromatic rings. The van der Waals surface area contributed by atoms with Gasteiger partial charge in [-0.1, -0.05) is 30.3 Å². The number of nitrogens with one attached hydrogen (secondary N) is 1. The Kier molecular flexibility index (Phi) is 3.25. The molecule has 0 atom stereocenters. The van der Waals surface area contributed by atoms with Gasteiger partial charge in [0.25, 0.3) is 0 Å². The first-order valence-electron chi connectivity index (χ1n) is 4.86. The SMILES string of the molecule is ONc1ccccc1N=Nc1ccccc1. The van der Waals surface area contributed by atoms with E-state index in [4.69, 9.17) is 5.21 Å². The van der Waals surface area contributed by atoms with E-state index in [1.54, 1.807) is 18.2 Å². The summed E-state index contributed by atoms with van der Waals surface area (Å²) in [5.41, 5.74) is 3.97. The van der Waals surface area contributed by atoms with E-state index in [1.807, 2.05) is 36.4 Å². The molecule has 0 unspecified atom stereocenters. The molecule has 0 saturated heterocycles. The van der Waals surface area contributed by atoms with Gasteiger partial charge in [-0.05, 0) is 24.3 Å². The molecule has 16 heavy (non-hydrogen) atoms. The van der Waals surface area contributed by atoms with Gasteiger partial charge in [0.15, 0.2) is 0 Å². The zero-order valence-electron chi connectivity index (χ0n) is 8.54. The maximum absolute atomic E-state index is 8.86. The Labute approximate surface area is 93.2 Å². The van der Waals surface area contributed by atoms with Crippen LogP contribution in [0, 0.1) is 0 Å². The molecular formula is C12H11N3O. The lowest BCUT2D eigenvalue weighted by Gasteiger charge is -2.00. The van der Waals surface area contributed by atoms with E-state index in [9.17, 15) is 0 Å². The molecule has 0 saturated carbocycles. The van der Waals surface area contributed by atoms with Crippen molar-refractivity contribution in [1.82, 2.24) is 0 Å². The van der Waals surface area contributed by atoms with Crippen molar-refractivity contribution in [3.8, 4) is 0 Å². The molecule has 0 aromatic heterocycles. The summed E-state index contributed by atoms with van der Waals surface area (Å²) < 4.78 is 0. The fourth-order valence-corrected chi connectivity index (χ4v) is 1.26. The first-order valence-corrected chi connectivity index (χ1v) is 4.86. The number of anilines is 1. The molecular weight excluding hydrogens is 202 g/mol. The Balaban J connectivity index is 2.24. The predicted octanol–water partition coefficient (Wildman–Crippen LogP) is 3.90. The van der Waals surface area contributed by atoms with Crippen molar-refractivity contribution in [3.05, 3.63) is 54.6 Å². The van der Waals surface area contributed by atoms with E-state index in [2.05, 4.69) is 15.7 Å².